The lowest BCUT2D eigenvalue weighted by molar-refractivity contribution is -0.139. The number of nitrogens with zero attached hydrogens (tertiary/aromatic N) is 2. The molecule has 11 heteroatoms. The molecule has 0 aliphatic carbocycles. The van der Waals surface area contributed by atoms with Gasteiger partial charge in [-0.25, -0.2) is 14.0 Å². The van der Waals surface area contributed by atoms with Gasteiger partial charge in [0.25, 0.3) is 0 Å². The Labute approximate surface area is 216 Å². The zero-order valence-corrected chi connectivity index (χ0v) is 22.4. The zero-order valence-electron chi connectivity index (χ0n) is 21.5. The molecule has 9 nitrogen and oxygen atoms in total. The Morgan fingerprint density at radius 2 is 1.78 bits per heavy atom. The largest absolute Gasteiger partial charge is 0.444 e. The molecule has 36 heavy (non-hydrogen) atoms. The third-order valence-corrected chi connectivity index (χ3v) is 6.35. The molecule has 0 saturated carbocycles. The van der Waals surface area contributed by atoms with E-state index in [0.29, 0.717) is 11.1 Å². The van der Waals surface area contributed by atoms with E-state index < -0.39 is 52.4 Å². The van der Waals surface area contributed by atoms with Crippen LogP contribution in [-0.4, -0.2) is 63.3 Å². The smallest absolute Gasteiger partial charge is 0.410 e. The molecule has 2 heterocycles. The highest BCUT2D eigenvalue weighted by Gasteiger charge is 2.46. The van der Waals surface area contributed by atoms with Crippen LogP contribution in [0.5, 0.6) is 0 Å². The molecular formula is C25H34FN3O6S. The van der Waals surface area contributed by atoms with Crippen molar-refractivity contribution in [3.8, 4) is 0 Å². The van der Waals surface area contributed by atoms with Gasteiger partial charge in [-0.1, -0.05) is 32.9 Å². The topological polar surface area (TPSA) is 105 Å². The highest BCUT2D eigenvalue weighted by molar-refractivity contribution is 7.96. The van der Waals surface area contributed by atoms with Crippen molar-refractivity contribution in [2.45, 2.75) is 84.8 Å². The molecule has 198 valence electrons. The molecular weight excluding hydrogens is 489 g/mol. The predicted molar refractivity (Wildman–Crippen MR) is 133 cm³/mol. The van der Waals surface area contributed by atoms with Crippen LogP contribution in [0.15, 0.2) is 18.2 Å². The number of carbonyl (C=O) groups is 4. The van der Waals surface area contributed by atoms with Gasteiger partial charge in [0.05, 0.1) is 13.1 Å². The molecule has 1 fully saturated rings. The number of fused-ring (bicyclic) bond motifs is 1. The maximum absolute atomic E-state index is 14.1. The molecule has 1 saturated heterocycles. The highest BCUT2D eigenvalue weighted by Crippen LogP contribution is 2.30. The van der Waals surface area contributed by atoms with Crippen LogP contribution in [0, 0.1) is 11.2 Å². The van der Waals surface area contributed by atoms with Gasteiger partial charge in [-0.15, -0.1) is 12.6 Å². The van der Waals surface area contributed by atoms with Crippen molar-refractivity contribution in [3.05, 3.63) is 35.1 Å². The van der Waals surface area contributed by atoms with Crippen molar-refractivity contribution in [1.29, 1.82) is 0 Å². The minimum Gasteiger partial charge on any atom is -0.444 e. The van der Waals surface area contributed by atoms with Gasteiger partial charge in [0.2, 0.25) is 11.0 Å². The summed E-state index contributed by atoms with van der Waals surface area (Å²) in [5.74, 6) is -0.887. The van der Waals surface area contributed by atoms with E-state index >= 15 is 0 Å². The van der Waals surface area contributed by atoms with Crippen LogP contribution in [-0.2, 0) is 32.2 Å². The third-order valence-electron chi connectivity index (χ3n) is 6.06. The molecule has 2 aliphatic rings. The zero-order chi connectivity index (χ0) is 27.0. The predicted octanol–water partition coefficient (Wildman–Crippen LogP) is 3.64. The Bertz CT molecular complexity index is 1050. The summed E-state index contributed by atoms with van der Waals surface area (Å²) in [5.41, 5.74) is -0.315. The molecule has 2 aliphatic heterocycles. The Balaban J connectivity index is 1.71. The second-order valence-corrected chi connectivity index (χ2v) is 11.7. The molecule has 0 aromatic heterocycles. The summed E-state index contributed by atoms with van der Waals surface area (Å²) in [6.07, 6.45) is -2.11. The normalized spacial score (nSPS) is 20.6. The average molecular weight is 524 g/mol. The first-order valence-corrected chi connectivity index (χ1v) is 12.3. The second-order valence-electron chi connectivity index (χ2n) is 11.3. The van der Waals surface area contributed by atoms with Crippen LogP contribution < -0.4 is 5.32 Å². The maximum Gasteiger partial charge on any atom is 0.410 e. The number of ether oxygens (including phenoxy) is 2. The Morgan fingerprint density at radius 1 is 1.11 bits per heavy atom. The molecule has 0 unspecified atom stereocenters. The fourth-order valence-electron chi connectivity index (χ4n) is 4.33. The molecule has 1 aromatic rings. The van der Waals surface area contributed by atoms with Gasteiger partial charge in [0.15, 0.2) is 0 Å². The number of amides is 3. The van der Waals surface area contributed by atoms with Gasteiger partial charge in [-0.3, -0.25) is 14.5 Å². The molecule has 1 aromatic carbocycles. The van der Waals surface area contributed by atoms with Crippen molar-refractivity contribution < 1.29 is 33.0 Å². The van der Waals surface area contributed by atoms with Crippen LogP contribution in [0.3, 0.4) is 0 Å². The summed E-state index contributed by atoms with van der Waals surface area (Å²) in [6, 6.07) is 2.74. The fourth-order valence-corrected chi connectivity index (χ4v) is 4.57. The Kier molecular flexibility index (Phi) is 7.92. The number of alkyl carbamates (subject to hydrolysis) is 1. The van der Waals surface area contributed by atoms with Crippen LogP contribution in [0.2, 0.25) is 0 Å². The molecule has 0 spiro atoms. The van der Waals surface area contributed by atoms with Crippen LogP contribution in [0.4, 0.5) is 14.0 Å². The van der Waals surface area contributed by atoms with Crippen LogP contribution in [0.1, 0.15) is 59.1 Å². The van der Waals surface area contributed by atoms with E-state index in [2.05, 4.69) is 17.9 Å². The molecule has 3 rings (SSSR count). The monoisotopic (exact) mass is 523 g/mol. The maximum atomic E-state index is 14.1. The van der Waals surface area contributed by atoms with E-state index in [4.69, 9.17) is 9.47 Å². The second kappa shape index (κ2) is 10.3. The van der Waals surface area contributed by atoms with Crippen LogP contribution >= 0.6 is 12.6 Å². The molecule has 1 N–H and O–H groups in total. The third kappa shape index (κ3) is 6.48. The van der Waals surface area contributed by atoms with Crippen molar-refractivity contribution in [2.75, 3.05) is 6.54 Å². The average Bonchev–Trinajstić information content (AvgIpc) is 3.35. The van der Waals surface area contributed by atoms with E-state index in [0.717, 1.165) is 0 Å². The lowest BCUT2D eigenvalue weighted by Gasteiger charge is -2.35. The van der Waals surface area contributed by atoms with Gasteiger partial charge >= 0.3 is 12.2 Å². The van der Waals surface area contributed by atoms with E-state index in [-0.39, 0.29) is 31.9 Å². The SMILES string of the molecule is CC(C)(C)OC(=O)N[C@H](C(=O)N1C[C@H](OC(=O)N2Cc3cccc(F)c3C2)C[C@H]1C(=O)S)C(C)(C)C. The summed E-state index contributed by atoms with van der Waals surface area (Å²) < 4.78 is 25.0. The first-order chi connectivity index (χ1) is 16.6. The van der Waals surface area contributed by atoms with Gasteiger partial charge < -0.3 is 19.7 Å². The Morgan fingerprint density at radius 3 is 2.33 bits per heavy atom. The van der Waals surface area contributed by atoms with Crippen molar-refractivity contribution in [1.82, 2.24) is 15.1 Å². The first-order valence-electron chi connectivity index (χ1n) is 11.8. The van der Waals surface area contributed by atoms with Gasteiger partial charge in [0, 0.05) is 18.5 Å². The van der Waals surface area contributed by atoms with Crippen molar-refractivity contribution >= 4 is 35.8 Å². The number of hydrogen-bond donors (Lipinski definition) is 2. The number of rotatable bonds is 4. The summed E-state index contributed by atoms with van der Waals surface area (Å²) in [4.78, 5) is 53.7. The quantitative estimate of drug-likeness (QED) is 0.584. The molecule has 0 bridgehead atoms. The standard InChI is InChI=1S/C25H34FN3O6S/c1-24(2,3)19(27-22(32)35-25(4,5)6)20(30)29-12-15(10-18(29)21(31)36)34-23(33)28-11-14-8-7-9-17(26)16(14)13-28/h7-9,15,18-19H,10-13H2,1-6H3,(H,27,32)(H,31,36)/t15-,18+,19-/m1/s1. The van der Waals surface area contributed by atoms with E-state index in [1.807, 2.05) is 0 Å². The number of carbonyl (C=O) groups excluding carboxylic acids is 4. The summed E-state index contributed by atoms with van der Waals surface area (Å²) >= 11 is 3.94. The highest BCUT2D eigenvalue weighted by atomic mass is 32.1. The van der Waals surface area contributed by atoms with Gasteiger partial charge in [0.1, 0.15) is 29.6 Å². The number of thiol groups is 1. The molecule has 3 atom stereocenters. The number of benzene rings is 1. The lowest BCUT2D eigenvalue weighted by atomic mass is 9.85. The number of halogens is 1. The Hall–Kier alpha value is -2.82. The van der Waals surface area contributed by atoms with Gasteiger partial charge in [-0.05, 0) is 37.8 Å². The number of likely N-dealkylation sites (tertiary alicyclic amines) is 1. The number of hydrogen-bond acceptors (Lipinski definition) is 6. The van der Waals surface area contributed by atoms with E-state index in [1.165, 1.54) is 15.9 Å². The van der Waals surface area contributed by atoms with E-state index in [1.54, 1.807) is 53.7 Å². The van der Waals surface area contributed by atoms with Crippen LogP contribution in [0.25, 0.3) is 0 Å². The first kappa shape index (κ1) is 27.8. The summed E-state index contributed by atoms with van der Waals surface area (Å²) in [7, 11) is 0. The summed E-state index contributed by atoms with van der Waals surface area (Å²) in [6.45, 7) is 10.7. The summed E-state index contributed by atoms with van der Waals surface area (Å²) in [5, 5.41) is 2.07. The number of nitrogens with one attached hydrogen (secondary N) is 1. The fraction of sp³-hybridized carbons (Fsp3) is 0.600. The van der Waals surface area contributed by atoms with Crippen molar-refractivity contribution in [2.24, 2.45) is 5.41 Å². The minimum absolute atomic E-state index is 0.0424. The lowest BCUT2D eigenvalue weighted by Crippen LogP contribution is -2.57. The molecule has 0 radical (unpaired) electrons. The minimum atomic E-state index is -1.01. The molecule has 3 amide bonds. The van der Waals surface area contributed by atoms with Crippen molar-refractivity contribution in [3.63, 3.8) is 0 Å². The van der Waals surface area contributed by atoms with E-state index in [9.17, 15) is 23.6 Å². The van der Waals surface area contributed by atoms with Gasteiger partial charge in [-0.2, -0.15) is 0 Å².